The lowest BCUT2D eigenvalue weighted by molar-refractivity contribution is 0.0993. The van der Waals surface area contributed by atoms with Crippen molar-refractivity contribution in [3.8, 4) is 10.6 Å². The number of primary amides is 1. The molecule has 0 aliphatic rings. The van der Waals surface area contributed by atoms with Gasteiger partial charge in [0.25, 0.3) is 5.91 Å². The largest absolute Gasteiger partial charge is 0.364 e. The second-order valence-electron chi connectivity index (χ2n) is 3.54. The number of hydrogen-bond acceptors (Lipinski definition) is 4. The molecule has 1 amide bonds. The summed E-state index contributed by atoms with van der Waals surface area (Å²) >= 11 is 1.33. The summed E-state index contributed by atoms with van der Waals surface area (Å²) in [4.78, 5) is 26.3. The Hall–Kier alpha value is -2.01. The molecule has 0 atom stereocenters. The van der Waals surface area contributed by atoms with Crippen LogP contribution in [0.4, 0.5) is 0 Å². The number of carbonyl (C=O) groups excluding carboxylic acids is 2. The van der Waals surface area contributed by atoms with Crippen LogP contribution < -0.4 is 5.73 Å². The highest BCUT2D eigenvalue weighted by Crippen LogP contribution is 2.24. The standard InChI is InChI=1S/C12H10N2O2S/c1-7(15)8-3-2-4-9(5-8)12-14-10(6-17-12)11(13)16/h2-6H,1H3,(H2,13,16). The van der Waals surface area contributed by atoms with Gasteiger partial charge in [0.2, 0.25) is 0 Å². The molecule has 0 aliphatic heterocycles. The molecule has 1 aromatic heterocycles. The van der Waals surface area contributed by atoms with Crippen LogP contribution in [0.15, 0.2) is 29.6 Å². The van der Waals surface area contributed by atoms with Gasteiger partial charge in [-0.15, -0.1) is 11.3 Å². The zero-order chi connectivity index (χ0) is 12.4. The molecule has 17 heavy (non-hydrogen) atoms. The summed E-state index contributed by atoms with van der Waals surface area (Å²) in [7, 11) is 0. The highest BCUT2D eigenvalue weighted by Gasteiger charge is 2.09. The predicted octanol–water partition coefficient (Wildman–Crippen LogP) is 2.11. The van der Waals surface area contributed by atoms with E-state index >= 15 is 0 Å². The van der Waals surface area contributed by atoms with Crippen molar-refractivity contribution in [2.45, 2.75) is 6.92 Å². The molecule has 5 heteroatoms. The number of benzene rings is 1. The molecule has 1 heterocycles. The molecular weight excluding hydrogens is 236 g/mol. The van der Waals surface area contributed by atoms with Crippen molar-refractivity contribution in [3.63, 3.8) is 0 Å². The van der Waals surface area contributed by atoms with E-state index in [4.69, 9.17) is 5.73 Å². The molecule has 0 fully saturated rings. The summed E-state index contributed by atoms with van der Waals surface area (Å²) in [5.41, 5.74) is 6.82. The summed E-state index contributed by atoms with van der Waals surface area (Å²) < 4.78 is 0. The van der Waals surface area contributed by atoms with Crippen LogP contribution in [-0.4, -0.2) is 16.7 Å². The van der Waals surface area contributed by atoms with Gasteiger partial charge in [-0.1, -0.05) is 18.2 Å². The summed E-state index contributed by atoms with van der Waals surface area (Å²) in [5, 5.41) is 2.29. The van der Waals surface area contributed by atoms with Crippen LogP contribution in [0.2, 0.25) is 0 Å². The maximum atomic E-state index is 11.3. The normalized spacial score (nSPS) is 10.2. The number of Topliss-reactive ketones (excluding diaryl/α,β-unsaturated/α-hetero) is 1. The number of hydrogen-bond donors (Lipinski definition) is 1. The Morgan fingerprint density at radius 2 is 2.12 bits per heavy atom. The number of nitrogens with zero attached hydrogens (tertiary/aromatic N) is 1. The number of nitrogens with two attached hydrogens (primary N) is 1. The fourth-order valence-electron chi connectivity index (χ4n) is 1.39. The lowest BCUT2D eigenvalue weighted by Gasteiger charge is -1.99. The average molecular weight is 246 g/mol. The zero-order valence-electron chi connectivity index (χ0n) is 9.14. The lowest BCUT2D eigenvalue weighted by Crippen LogP contribution is -2.10. The quantitative estimate of drug-likeness (QED) is 0.843. The van der Waals surface area contributed by atoms with Crippen molar-refractivity contribution in [2.75, 3.05) is 0 Å². The average Bonchev–Trinajstić information content (AvgIpc) is 2.78. The molecule has 0 radical (unpaired) electrons. The summed E-state index contributed by atoms with van der Waals surface area (Å²) in [6.07, 6.45) is 0. The van der Waals surface area contributed by atoms with Crippen LogP contribution in [0.25, 0.3) is 10.6 Å². The van der Waals surface area contributed by atoms with Crippen LogP contribution in [0.5, 0.6) is 0 Å². The maximum absolute atomic E-state index is 11.3. The van der Waals surface area contributed by atoms with Crippen LogP contribution in [0, 0.1) is 0 Å². The molecule has 0 saturated carbocycles. The molecule has 2 rings (SSSR count). The van der Waals surface area contributed by atoms with Gasteiger partial charge in [0, 0.05) is 16.5 Å². The van der Waals surface area contributed by atoms with Gasteiger partial charge in [0.1, 0.15) is 10.7 Å². The molecule has 2 aromatic rings. The molecule has 0 spiro atoms. The van der Waals surface area contributed by atoms with E-state index in [9.17, 15) is 9.59 Å². The first-order valence-electron chi connectivity index (χ1n) is 4.94. The zero-order valence-corrected chi connectivity index (χ0v) is 9.95. The monoisotopic (exact) mass is 246 g/mol. The van der Waals surface area contributed by atoms with Gasteiger partial charge < -0.3 is 5.73 Å². The van der Waals surface area contributed by atoms with Gasteiger partial charge in [-0.2, -0.15) is 0 Å². The Morgan fingerprint density at radius 1 is 1.35 bits per heavy atom. The van der Waals surface area contributed by atoms with Crippen molar-refractivity contribution >= 4 is 23.0 Å². The highest BCUT2D eigenvalue weighted by atomic mass is 32.1. The molecular formula is C12H10N2O2S. The van der Waals surface area contributed by atoms with Crippen molar-refractivity contribution < 1.29 is 9.59 Å². The van der Waals surface area contributed by atoms with E-state index in [-0.39, 0.29) is 11.5 Å². The Morgan fingerprint density at radius 3 is 2.71 bits per heavy atom. The first-order valence-corrected chi connectivity index (χ1v) is 5.82. The number of carbonyl (C=O) groups is 2. The summed E-state index contributed by atoms with van der Waals surface area (Å²) in [5.74, 6) is -0.547. The molecule has 2 N–H and O–H groups in total. The SMILES string of the molecule is CC(=O)c1cccc(-c2nc(C(N)=O)cs2)c1. The molecule has 0 bridgehead atoms. The van der Waals surface area contributed by atoms with Crippen molar-refractivity contribution in [1.29, 1.82) is 0 Å². The lowest BCUT2D eigenvalue weighted by atomic mass is 10.1. The minimum atomic E-state index is -0.546. The second-order valence-corrected chi connectivity index (χ2v) is 4.40. The molecule has 1 aromatic carbocycles. The topological polar surface area (TPSA) is 73.1 Å². The summed E-state index contributed by atoms with van der Waals surface area (Å²) in [6.45, 7) is 1.51. The fraction of sp³-hybridized carbons (Fsp3) is 0.0833. The maximum Gasteiger partial charge on any atom is 0.268 e. The Bertz CT molecular complexity index is 590. The van der Waals surface area contributed by atoms with Gasteiger partial charge in [0.15, 0.2) is 5.78 Å². The van der Waals surface area contributed by atoms with E-state index in [0.29, 0.717) is 10.6 Å². The number of rotatable bonds is 3. The third-order valence-corrected chi connectivity index (χ3v) is 3.16. The van der Waals surface area contributed by atoms with E-state index < -0.39 is 5.91 Å². The fourth-order valence-corrected chi connectivity index (χ4v) is 2.20. The third-order valence-electron chi connectivity index (χ3n) is 2.27. The van der Waals surface area contributed by atoms with Crippen LogP contribution in [-0.2, 0) is 0 Å². The number of thiazole rings is 1. The minimum absolute atomic E-state index is 0.00136. The molecule has 86 valence electrons. The predicted molar refractivity (Wildman–Crippen MR) is 66.1 cm³/mol. The van der Waals surface area contributed by atoms with Gasteiger partial charge in [0.05, 0.1) is 0 Å². The van der Waals surface area contributed by atoms with E-state index in [1.54, 1.807) is 23.6 Å². The van der Waals surface area contributed by atoms with Gasteiger partial charge in [-0.3, -0.25) is 9.59 Å². The Labute approximate surface area is 102 Å². The van der Waals surface area contributed by atoms with E-state index in [1.807, 2.05) is 6.07 Å². The van der Waals surface area contributed by atoms with E-state index in [2.05, 4.69) is 4.98 Å². The number of ketones is 1. The number of aromatic nitrogens is 1. The summed E-state index contributed by atoms with van der Waals surface area (Å²) in [6, 6.07) is 7.13. The van der Waals surface area contributed by atoms with E-state index in [1.165, 1.54) is 18.3 Å². The first-order chi connectivity index (χ1) is 8.08. The molecule has 0 saturated heterocycles. The smallest absolute Gasteiger partial charge is 0.268 e. The second kappa shape index (κ2) is 4.47. The van der Waals surface area contributed by atoms with Crippen LogP contribution in [0.1, 0.15) is 27.8 Å². The van der Waals surface area contributed by atoms with Crippen molar-refractivity contribution in [1.82, 2.24) is 4.98 Å². The Balaban J connectivity index is 2.42. The van der Waals surface area contributed by atoms with Crippen molar-refractivity contribution in [3.05, 3.63) is 40.9 Å². The first kappa shape index (κ1) is 11.5. The van der Waals surface area contributed by atoms with Crippen molar-refractivity contribution in [2.24, 2.45) is 5.73 Å². The van der Waals surface area contributed by atoms with Crippen LogP contribution in [0.3, 0.4) is 0 Å². The number of amides is 1. The molecule has 0 aliphatic carbocycles. The van der Waals surface area contributed by atoms with E-state index in [0.717, 1.165) is 5.56 Å². The van der Waals surface area contributed by atoms with Gasteiger partial charge >= 0.3 is 0 Å². The van der Waals surface area contributed by atoms with Crippen LogP contribution >= 0.6 is 11.3 Å². The highest BCUT2D eigenvalue weighted by molar-refractivity contribution is 7.13. The van der Waals surface area contributed by atoms with Gasteiger partial charge in [-0.05, 0) is 13.0 Å². The van der Waals surface area contributed by atoms with Gasteiger partial charge in [-0.25, -0.2) is 4.98 Å². The Kier molecular flexibility index (Phi) is 3.01. The molecule has 4 nitrogen and oxygen atoms in total. The minimum Gasteiger partial charge on any atom is -0.364 e. The third kappa shape index (κ3) is 2.39. The molecule has 0 unspecified atom stereocenters.